The lowest BCUT2D eigenvalue weighted by molar-refractivity contribution is -0.119. The van der Waals surface area contributed by atoms with Gasteiger partial charge in [0.2, 0.25) is 11.0 Å². The Morgan fingerprint density at radius 1 is 0.914 bits per heavy atom. The highest BCUT2D eigenvalue weighted by Crippen LogP contribution is 2.29. The van der Waals surface area contributed by atoms with Gasteiger partial charge >= 0.3 is 0 Å². The molecule has 2 aliphatic rings. The third kappa shape index (κ3) is 6.02. The molecule has 3 aromatic rings. The van der Waals surface area contributed by atoms with Gasteiger partial charge in [-0.1, -0.05) is 78.4 Å². The van der Waals surface area contributed by atoms with Crippen molar-refractivity contribution < 1.29 is 9.59 Å². The molecule has 0 radical (unpaired) electrons. The zero-order chi connectivity index (χ0) is 24.0. The molecule has 1 saturated heterocycles. The molecule has 5 rings (SSSR count). The molecule has 1 aromatic heterocycles. The number of anilines is 1. The van der Waals surface area contributed by atoms with Gasteiger partial charge in [0.25, 0.3) is 5.91 Å². The van der Waals surface area contributed by atoms with Crippen LogP contribution in [0.3, 0.4) is 0 Å². The minimum absolute atomic E-state index is 0.0612. The molecule has 7 nitrogen and oxygen atoms in total. The van der Waals surface area contributed by atoms with Gasteiger partial charge in [-0.05, 0) is 36.1 Å². The number of nitrogens with one attached hydrogen (secondary N) is 1. The molecule has 1 aliphatic carbocycles. The predicted molar refractivity (Wildman–Crippen MR) is 141 cm³/mol. The number of benzene rings is 2. The summed E-state index contributed by atoms with van der Waals surface area (Å²) >= 11 is 2.95. The summed E-state index contributed by atoms with van der Waals surface area (Å²) in [5, 5.41) is 12.5. The quantitative estimate of drug-likeness (QED) is 0.480. The Kier molecular flexibility index (Phi) is 7.63. The van der Waals surface area contributed by atoms with E-state index in [0.29, 0.717) is 30.4 Å². The van der Waals surface area contributed by atoms with Gasteiger partial charge in [0, 0.05) is 37.8 Å². The van der Waals surface area contributed by atoms with Crippen molar-refractivity contribution in [3.05, 3.63) is 60.2 Å². The lowest BCUT2D eigenvalue weighted by atomic mass is 10.0. The molecule has 2 aromatic carbocycles. The highest BCUT2D eigenvalue weighted by molar-refractivity contribution is 8.01. The Morgan fingerprint density at radius 3 is 2.31 bits per heavy atom. The summed E-state index contributed by atoms with van der Waals surface area (Å²) in [6.07, 6.45) is 4.59. The second kappa shape index (κ2) is 11.2. The van der Waals surface area contributed by atoms with E-state index in [1.54, 1.807) is 0 Å². The average molecular weight is 508 g/mol. The summed E-state index contributed by atoms with van der Waals surface area (Å²) in [5.41, 5.74) is 2.96. The summed E-state index contributed by atoms with van der Waals surface area (Å²) in [4.78, 5) is 29.2. The normalized spacial score (nSPS) is 16.5. The van der Waals surface area contributed by atoms with Crippen LogP contribution in [0, 0.1) is 0 Å². The molecule has 9 heteroatoms. The van der Waals surface area contributed by atoms with Crippen LogP contribution in [0.2, 0.25) is 0 Å². The number of nitrogens with zero attached hydrogens (tertiary/aromatic N) is 4. The van der Waals surface area contributed by atoms with Crippen molar-refractivity contribution in [3.8, 4) is 11.1 Å². The van der Waals surface area contributed by atoms with Crippen molar-refractivity contribution in [1.29, 1.82) is 0 Å². The fourth-order valence-corrected chi connectivity index (χ4v) is 6.28. The van der Waals surface area contributed by atoms with Crippen LogP contribution in [-0.2, 0) is 4.79 Å². The van der Waals surface area contributed by atoms with Crippen LogP contribution in [0.5, 0.6) is 0 Å². The van der Waals surface area contributed by atoms with Crippen molar-refractivity contribution in [2.24, 2.45) is 0 Å². The molecule has 1 N–H and O–H groups in total. The summed E-state index contributed by atoms with van der Waals surface area (Å²) in [6.45, 7) is 2.72. The number of hydrogen-bond acceptors (Lipinski definition) is 7. The smallest absolute Gasteiger partial charge is 0.253 e. The van der Waals surface area contributed by atoms with Gasteiger partial charge in [-0.2, -0.15) is 0 Å². The molecular weight excluding hydrogens is 478 g/mol. The standard InChI is InChI=1S/C26H29N5O2S2/c32-23(27-22-8-4-5-9-22)18-34-26-29-28-25(35-26)31-16-14-30(15-17-31)24(33)21-12-10-20(11-13-21)19-6-2-1-3-7-19/h1-3,6-7,10-13,22H,4-5,8-9,14-18H2,(H,27,32). The van der Waals surface area contributed by atoms with Crippen LogP contribution in [0.4, 0.5) is 5.13 Å². The molecule has 0 atom stereocenters. The fraction of sp³-hybridized carbons (Fsp3) is 0.385. The first kappa shape index (κ1) is 23.8. The second-order valence-corrected chi connectivity index (χ2v) is 11.1. The van der Waals surface area contributed by atoms with E-state index in [1.807, 2.05) is 47.4 Å². The van der Waals surface area contributed by atoms with Crippen molar-refractivity contribution in [2.45, 2.75) is 36.1 Å². The van der Waals surface area contributed by atoms with Crippen molar-refractivity contribution >= 4 is 40.0 Å². The first-order valence-electron chi connectivity index (χ1n) is 12.1. The van der Waals surface area contributed by atoms with Gasteiger partial charge in [0.05, 0.1) is 5.75 Å². The zero-order valence-electron chi connectivity index (χ0n) is 19.6. The van der Waals surface area contributed by atoms with Crippen LogP contribution in [0.25, 0.3) is 11.1 Å². The highest BCUT2D eigenvalue weighted by Gasteiger charge is 2.24. The third-order valence-corrected chi connectivity index (χ3v) is 8.64. The van der Waals surface area contributed by atoms with Crippen LogP contribution in [0.15, 0.2) is 58.9 Å². The van der Waals surface area contributed by atoms with E-state index >= 15 is 0 Å². The van der Waals surface area contributed by atoms with Crippen LogP contribution < -0.4 is 10.2 Å². The minimum Gasteiger partial charge on any atom is -0.353 e. The van der Waals surface area contributed by atoms with E-state index in [2.05, 4.69) is 32.5 Å². The molecule has 0 spiro atoms. The Morgan fingerprint density at radius 2 is 1.60 bits per heavy atom. The first-order valence-corrected chi connectivity index (χ1v) is 13.9. The van der Waals surface area contributed by atoms with Crippen molar-refractivity contribution in [2.75, 3.05) is 36.8 Å². The Hall–Kier alpha value is -2.91. The Labute approximate surface area is 213 Å². The van der Waals surface area contributed by atoms with E-state index in [0.717, 1.165) is 46.5 Å². The lowest BCUT2D eigenvalue weighted by Crippen LogP contribution is -2.48. The van der Waals surface area contributed by atoms with Gasteiger partial charge < -0.3 is 15.1 Å². The number of hydrogen-bond donors (Lipinski definition) is 1. The number of piperazine rings is 1. The van der Waals surface area contributed by atoms with Gasteiger partial charge in [0.15, 0.2) is 4.34 Å². The molecule has 2 heterocycles. The SMILES string of the molecule is O=C(CSc1nnc(N2CCN(C(=O)c3ccc(-c4ccccc4)cc3)CC2)s1)NC1CCCC1. The topological polar surface area (TPSA) is 78.4 Å². The Bertz CT molecular complexity index is 1140. The number of carbonyl (C=O) groups excluding carboxylic acids is 2. The summed E-state index contributed by atoms with van der Waals surface area (Å²) in [7, 11) is 0. The van der Waals surface area contributed by atoms with E-state index in [4.69, 9.17) is 0 Å². The van der Waals surface area contributed by atoms with E-state index < -0.39 is 0 Å². The fourth-order valence-electron chi connectivity index (χ4n) is 4.57. The van der Waals surface area contributed by atoms with Gasteiger partial charge in [-0.3, -0.25) is 9.59 Å². The largest absolute Gasteiger partial charge is 0.353 e. The summed E-state index contributed by atoms with van der Waals surface area (Å²) in [6, 6.07) is 18.3. The van der Waals surface area contributed by atoms with Crippen molar-refractivity contribution in [3.63, 3.8) is 0 Å². The number of aromatic nitrogens is 2. The highest BCUT2D eigenvalue weighted by atomic mass is 32.2. The number of rotatable bonds is 7. The van der Waals surface area contributed by atoms with E-state index in [1.165, 1.54) is 35.9 Å². The monoisotopic (exact) mass is 507 g/mol. The maximum absolute atomic E-state index is 13.0. The maximum Gasteiger partial charge on any atom is 0.253 e. The zero-order valence-corrected chi connectivity index (χ0v) is 21.2. The van der Waals surface area contributed by atoms with Crippen LogP contribution in [0.1, 0.15) is 36.0 Å². The molecule has 2 fully saturated rings. The first-order chi connectivity index (χ1) is 17.2. The van der Waals surface area contributed by atoms with Gasteiger partial charge in [0.1, 0.15) is 0 Å². The number of amides is 2. The molecule has 182 valence electrons. The third-order valence-electron chi connectivity index (χ3n) is 6.52. The molecule has 0 bridgehead atoms. The number of thioether (sulfide) groups is 1. The van der Waals surface area contributed by atoms with Gasteiger partial charge in [-0.15, -0.1) is 10.2 Å². The minimum atomic E-state index is 0.0612. The lowest BCUT2D eigenvalue weighted by Gasteiger charge is -2.34. The predicted octanol–water partition coefficient (Wildman–Crippen LogP) is 4.32. The average Bonchev–Trinajstić information content (AvgIpc) is 3.60. The van der Waals surface area contributed by atoms with Crippen molar-refractivity contribution in [1.82, 2.24) is 20.4 Å². The van der Waals surface area contributed by atoms with E-state index in [9.17, 15) is 9.59 Å². The summed E-state index contributed by atoms with van der Waals surface area (Å²) in [5.74, 6) is 0.504. The molecule has 2 amide bonds. The van der Waals surface area contributed by atoms with E-state index in [-0.39, 0.29) is 11.8 Å². The molecular formula is C26H29N5O2S2. The maximum atomic E-state index is 13.0. The van der Waals surface area contributed by atoms with Crippen LogP contribution in [-0.4, -0.2) is 64.9 Å². The molecule has 35 heavy (non-hydrogen) atoms. The second-order valence-electron chi connectivity index (χ2n) is 8.91. The molecule has 1 saturated carbocycles. The number of carbonyl (C=O) groups is 2. The molecule has 1 aliphatic heterocycles. The summed E-state index contributed by atoms with van der Waals surface area (Å²) < 4.78 is 0.804. The Balaban J connectivity index is 1.10. The molecule has 0 unspecified atom stereocenters. The van der Waals surface area contributed by atoms with Crippen LogP contribution >= 0.6 is 23.1 Å². The van der Waals surface area contributed by atoms with Gasteiger partial charge in [-0.25, -0.2) is 0 Å².